The van der Waals surface area contributed by atoms with Gasteiger partial charge < -0.3 is 14.7 Å². The molecule has 0 unspecified atom stereocenters. The lowest BCUT2D eigenvalue weighted by atomic mass is 10.3. The number of aryl methyl sites for hydroxylation is 1. The van der Waals surface area contributed by atoms with Gasteiger partial charge in [0, 0.05) is 26.2 Å². The largest absolute Gasteiger partial charge is 0.365 e. The molecule has 0 aliphatic carbocycles. The molecule has 2 rings (SSSR count). The van der Waals surface area contributed by atoms with Crippen molar-refractivity contribution in [2.24, 2.45) is 0 Å². The molecule has 1 N–H and O–H groups in total. The van der Waals surface area contributed by atoms with Crippen LogP contribution >= 0.6 is 0 Å². The molecule has 4 heteroatoms. The molecular formula is C8H13N3O. The molecule has 1 aromatic heterocycles. The number of hydrogen-bond acceptors (Lipinski definition) is 4. The number of nitrogens with one attached hydrogen (secondary N) is 1. The van der Waals surface area contributed by atoms with E-state index in [1.807, 2.05) is 6.92 Å². The Morgan fingerprint density at radius 3 is 2.83 bits per heavy atom. The third kappa shape index (κ3) is 1.30. The summed E-state index contributed by atoms with van der Waals surface area (Å²) in [5.74, 6) is 0.914. The van der Waals surface area contributed by atoms with Gasteiger partial charge in [0.25, 0.3) is 0 Å². The molecule has 0 radical (unpaired) electrons. The topological polar surface area (TPSA) is 41.3 Å². The van der Waals surface area contributed by atoms with Gasteiger partial charge in [-0.25, -0.2) is 0 Å². The van der Waals surface area contributed by atoms with E-state index in [1.54, 1.807) is 6.20 Å². The van der Waals surface area contributed by atoms with Gasteiger partial charge in [0.1, 0.15) is 5.69 Å². The second-order valence-corrected chi connectivity index (χ2v) is 3.00. The van der Waals surface area contributed by atoms with E-state index in [2.05, 4.69) is 15.4 Å². The van der Waals surface area contributed by atoms with Crippen molar-refractivity contribution in [3.8, 4) is 0 Å². The van der Waals surface area contributed by atoms with Gasteiger partial charge in [-0.3, -0.25) is 0 Å². The maximum Gasteiger partial charge on any atom is 0.156 e. The van der Waals surface area contributed by atoms with Crippen LogP contribution < -0.4 is 10.2 Å². The summed E-state index contributed by atoms with van der Waals surface area (Å²) in [6.07, 6.45) is 1.79. The number of anilines is 1. The number of aromatic nitrogens is 1. The Kier molecular flexibility index (Phi) is 1.99. The van der Waals surface area contributed by atoms with Crippen molar-refractivity contribution in [1.82, 2.24) is 10.5 Å². The Balaban J connectivity index is 2.13. The average molecular weight is 167 g/mol. The molecule has 4 nitrogen and oxygen atoms in total. The molecule has 0 saturated carbocycles. The van der Waals surface area contributed by atoms with Crippen molar-refractivity contribution in [2.45, 2.75) is 6.92 Å². The molecule has 1 fully saturated rings. The lowest BCUT2D eigenvalue weighted by Gasteiger charge is -2.27. The molecule has 0 aromatic carbocycles. The molecule has 12 heavy (non-hydrogen) atoms. The summed E-state index contributed by atoms with van der Waals surface area (Å²) >= 11 is 0. The van der Waals surface area contributed by atoms with Crippen molar-refractivity contribution in [2.75, 3.05) is 31.1 Å². The number of piperazine rings is 1. The Morgan fingerprint density at radius 1 is 1.50 bits per heavy atom. The maximum atomic E-state index is 5.01. The first-order chi connectivity index (χ1) is 5.88. The molecule has 0 atom stereocenters. The quantitative estimate of drug-likeness (QED) is 0.657. The molecule has 0 spiro atoms. The van der Waals surface area contributed by atoms with Crippen LogP contribution in [0.2, 0.25) is 0 Å². The van der Waals surface area contributed by atoms with Crippen molar-refractivity contribution in [3.05, 3.63) is 12.0 Å². The minimum absolute atomic E-state index is 0.914. The van der Waals surface area contributed by atoms with Gasteiger partial charge in [0.15, 0.2) is 5.76 Å². The summed E-state index contributed by atoms with van der Waals surface area (Å²) in [5.41, 5.74) is 1.14. The first-order valence-electron chi connectivity index (χ1n) is 4.25. The highest BCUT2D eigenvalue weighted by Crippen LogP contribution is 2.18. The van der Waals surface area contributed by atoms with Crippen molar-refractivity contribution >= 4 is 5.69 Å². The SMILES string of the molecule is Cc1oncc1N1CCNCC1. The molecular weight excluding hydrogens is 154 g/mol. The third-order valence-corrected chi connectivity index (χ3v) is 2.18. The second kappa shape index (κ2) is 3.15. The summed E-state index contributed by atoms with van der Waals surface area (Å²) in [6, 6.07) is 0. The Bertz CT molecular complexity index is 253. The molecule has 0 bridgehead atoms. The highest BCUT2D eigenvalue weighted by molar-refractivity contribution is 5.47. The van der Waals surface area contributed by atoms with Crippen LogP contribution in [0.4, 0.5) is 5.69 Å². The van der Waals surface area contributed by atoms with Crippen LogP contribution in [0, 0.1) is 6.92 Å². The van der Waals surface area contributed by atoms with E-state index in [9.17, 15) is 0 Å². The van der Waals surface area contributed by atoms with Gasteiger partial charge >= 0.3 is 0 Å². The lowest BCUT2D eigenvalue weighted by molar-refractivity contribution is 0.397. The lowest BCUT2D eigenvalue weighted by Crippen LogP contribution is -2.43. The van der Waals surface area contributed by atoms with Crippen LogP contribution in [0.15, 0.2) is 10.7 Å². The molecule has 1 aromatic rings. The van der Waals surface area contributed by atoms with Crippen LogP contribution in [0.1, 0.15) is 5.76 Å². The van der Waals surface area contributed by atoms with Crippen molar-refractivity contribution < 1.29 is 4.52 Å². The average Bonchev–Trinajstić information content (AvgIpc) is 2.53. The van der Waals surface area contributed by atoms with Crippen LogP contribution in [0.5, 0.6) is 0 Å². The Morgan fingerprint density at radius 2 is 2.25 bits per heavy atom. The minimum atomic E-state index is 0.914. The van der Waals surface area contributed by atoms with Crippen LogP contribution in [0.25, 0.3) is 0 Å². The van der Waals surface area contributed by atoms with Crippen LogP contribution in [-0.2, 0) is 0 Å². The van der Waals surface area contributed by atoms with E-state index < -0.39 is 0 Å². The zero-order valence-corrected chi connectivity index (χ0v) is 7.21. The molecule has 1 saturated heterocycles. The zero-order valence-electron chi connectivity index (χ0n) is 7.21. The van der Waals surface area contributed by atoms with Gasteiger partial charge in [-0.2, -0.15) is 0 Å². The predicted octanol–water partition coefficient (Wildman–Crippen LogP) is 0.393. The van der Waals surface area contributed by atoms with Gasteiger partial charge in [-0.15, -0.1) is 0 Å². The van der Waals surface area contributed by atoms with Gasteiger partial charge in [0.2, 0.25) is 0 Å². The number of nitrogens with zero attached hydrogens (tertiary/aromatic N) is 2. The molecule has 2 heterocycles. The fraction of sp³-hybridized carbons (Fsp3) is 0.625. The summed E-state index contributed by atoms with van der Waals surface area (Å²) in [5, 5.41) is 7.06. The molecule has 0 amide bonds. The van der Waals surface area contributed by atoms with E-state index in [0.29, 0.717) is 0 Å². The number of rotatable bonds is 1. The Labute approximate surface area is 71.5 Å². The van der Waals surface area contributed by atoms with Gasteiger partial charge in [0.05, 0.1) is 6.20 Å². The van der Waals surface area contributed by atoms with Crippen LogP contribution in [0.3, 0.4) is 0 Å². The monoisotopic (exact) mass is 167 g/mol. The zero-order chi connectivity index (χ0) is 8.39. The molecule has 1 aliphatic rings. The first kappa shape index (κ1) is 7.61. The summed E-state index contributed by atoms with van der Waals surface area (Å²) in [6.45, 7) is 6.13. The summed E-state index contributed by atoms with van der Waals surface area (Å²) < 4.78 is 5.01. The third-order valence-electron chi connectivity index (χ3n) is 2.18. The highest BCUT2D eigenvalue weighted by Gasteiger charge is 2.14. The normalized spacial score (nSPS) is 18.2. The van der Waals surface area contributed by atoms with E-state index in [4.69, 9.17) is 4.52 Å². The Hall–Kier alpha value is -1.03. The first-order valence-corrected chi connectivity index (χ1v) is 4.25. The van der Waals surface area contributed by atoms with E-state index in [-0.39, 0.29) is 0 Å². The minimum Gasteiger partial charge on any atom is -0.365 e. The molecule has 1 aliphatic heterocycles. The predicted molar refractivity (Wildman–Crippen MR) is 46.3 cm³/mol. The number of hydrogen-bond donors (Lipinski definition) is 1. The van der Waals surface area contributed by atoms with Gasteiger partial charge in [-0.1, -0.05) is 5.16 Å². The fourth-order valence-corrected chi connectivity index (χ4v) is 1.50. The van der Waals surface area contributed by atoms with E-state index >= 15 is 0 Å². The standard InChI is InChI=1S/C8H13N3O/c1-7-8(6-10-12-7)11-4-2-9-3-5-11/h6,9H,2-5H2,1H3. The summed E-state index contributed by atoms with van der Waals surface area (Å²) in [4.78, 5) is 2.29. The maximum absolute atomic E-state index is 5.01. The highest BCUT2D eigenvalue weighted by atomic mass is 16.5. The van der Waals surface area contributed by atoms with Gasteiger partial charge in [-0.05, 0) is 6.92 Å². The van der Waals surface area contributed by atoms with Crippen LogP contribution in [-0.4, -0.2) is 31.3 Å². The van der Waals surface area contributed by atoms with E-state index in [1.165, 1.54) is 0 Å². The van der Waals surface area contributed by atoms with E-state index in [0.717, 1.165) is 37.6 Å². The summed E-state index contributed by atoms with van der Waals surface area (Å²) in [7, 11) is 0. The smallest absolute Gasteiger partial charge is 0.156 e. The second-order valence-electron chi connectivity index (χ2n) is 3.00. The van der Waals surface area contributed by atoms with Crippen molar-refractivity contribution in [1.29, 1.82) is 0 Å². The van der Waals surface area contributed by atoms with Crippen molar-refractivity contribution in [3.63, 3.8) is 0 Å². The molecule has 66 valence electrons. The fourth-order valence-electron chi connectivity index (χ4n) is 1.50.